The van der Waals surface area contributed by atoms with Crippen LogP contribution in [0.5, 0.6) is 0 Å². The third-order valence-corrected chi connectivity index (χ3v) is 4.31. The summed E-state index contributed by atoms with van der Waals surface area (Å²) >= 11 is 5.77. The molecule has 28 heavy (non-hydrogen) atoms. The summed E-state index contributed by atoms with van der Waals surface area (Å²) in [5.74, 6) is -3.47. The number of hydrogen-bond donors (Lipinski definition) is 2. The van der Waals surface area contributed by atoms with Crippen molar-refractivity contribution in [3.8, 4) is 0 Å². The zero-order valence-corrected chi connectivity index (χ0v) is 15.4. The van der Waals surface area contributed by atoms with Gasteiger partial charge in [-0.05, 0) is 42.8 Å². The third kappa shape index (κ3) is 3.91. The summed E-state index contributed by atoms with van der Waals surface area (Å²) in [6, 6.07) is 12.0. The molecule has 1 heterocycles. The van der Waals surface area contributed by atoms with Gasteiger partial charge >= 0.3 is 6.03 Å². The Balaban J connectivity index is 1.76. The van der Waals surface area contributed by atoms with Gasteiger partial charge in [-0.15, -0.1) is 0 Å². The summed E-state index contributed by atoms with van der Waals surface area (Å²) in [7, 11) is 0. The van der Waals surface area contributed by atoms with Crippen LogP contribution in [0.1, 0.15) is 15.9 Å². The number of nitrogens with one attached hydrogen (secondary N) is 2. The van der Waals surface area contributed by atoms with Crippen LogP contribution in [0.3, 0.4) is 0 Å². The number of hydrazone groups is 1. The van der Waals surface area contributed by atoms with Gasteiger partial charge in [-0.2, -0.15) is 5.10 Å². The summed E-state index contributed by atoms with van der Waals surface area (Å²) in [6.45, 7) is 1.74. The molecule has 1 atom stereocenters. The van der Waals surface area contributed by atoms with Crippen molar-refractivity contribution in [3.63, 3.8) is 0 Å². The van der Waals surface area contributed by atoms with Crippen LogP contribution in [0.2, 0.25) is 5.02 Å². The van der Waals surface area contributed by atoms with Crippen LogP contribution in [-0.4, -0.2) is 30.0 Å². The minimum atomic E-state index is -1.36. The van der Waals surface area contributed by atoms with Gasteiger partial charge in [0.15, 0.2) is 5.92 Å². The van der Waals surface area contributed by atoms with Crippen molar-refractivity contribution in [1.82, 2.24) is 10.7 Å². The van der Waals surface area contributed by atoms with E-state index in [0.29, 0.717) is 21.8 Å². The quantitative estimate of drug-likeness (QED) is 0.467. The van der Waals surface area contributed by atoms with Gasteiger partial charge in [0.1, 0.15) is 0 Å². The van der Waals surface area contributed by atoms with E-state index in [1.807, 2.05) is 0 Å². The zero-order chi connectivity index (χ0) is 20.3. The Morgan fingerprint density at radius 2 is 1.82 bits per heavy atom. The lowest BCUT2D eigenvalue weighted by atomic mass is 10.0. The molecular formula is C19H15ClN4O4. The maximum atomic E-state index is 12.7. The molecule has 0 spiro atoms. The highest BCUT2D eigenvalue weighted by Gasteiger charge is 2.40. The number of anilines is 1. The van der Waals surface area contributed by atoms with E-state index in [1.54, 1.807) is 43.3 Å². The number of benzene rings is 2. The molecule has 2 aromatic rings. The van der Waals surface area contributed by atoms with Crippen molar-refractivity contribution in [2.75, 3.05) is 4.90 Å². The molecule has 0 aromatic heterocycles. The highest BCUT2D eigenvalue weighted by Crippen LogP contribution is 2.23. The van der Waals surface area contributed by atoms with E-state index in [2.05, 4.69) is 15.8 Å². The van der Waals surface area contributed by atoms with Gasteiger partial charge in [-0.25, -0.2) is 15.1 Å². The summed E-state index contributed by atoms with van der Waals surface area (Å²) in [5.41, 5.74) is 3.59. The Labute approximate surface area is 165 Å². The lowest BCUT2D eigenvalue weighted by Crippen LogP contribution is -2.59. The minimum Gasteiger partial charge on any atom is -0.276 e. The normalized spacial score (nSPS) is 17.0. The number of urea groups is 1. The highest BCUT2D eigenvalue weighted by molar-refractivity contribution is 6.32. The number of rotatable bonds is 4. The first-order valence-corrected chi connectivity index (χ1v) is 8.60. The standard InChI is InChI=1S/C19H15ClN4O4/c1-11-4-2-3-5-15(11)24-18(27)14(17(26)22-19(24)28)10-21-23-16(25)12-6-8-13(20)9-7-12/h2-10,14H,1H3,(H,23,25)(H,22,26,28)/b21-10-/t14-/m1/s1. The molecule has 1 aliphatic rings. The van der Waals surface area contributed by atoms with Gasteiger partial charge in [-0.3, -0.25) is 19.7 Å². The third-order valence-electron chi connectivity index (χ3n) is 4.05. The largest absolute Gasteiger partial charge is 0.335 e. The molecular weight excluding hydrogens is 384 g/mol. The summed E-state index contributed by atoms with van der Waals surface area (Å²) in [5, 5.41) is 6.29. The second-order valence-corrected chi connectivity index (χ2v) is 6.39. The van der Waals surface area contributed by atoms with E-state index in [-0.39, 0.29) is 0 Å². The Kier molecular flexibility index (Phi) is 5.51. The molecule has 1 saturated heterocycles. The van der Waals surface area contributed by atoms with Crippen LogP contribution in [0.25, 0.3) is 0 Å². The van der Waals surface area contributed by atoms with Crippen LogP contribution in [0.15, 0.2) is 53.6 Å². The summed E-state index contributed by atoms with van der Waals surface area (Å²) in [6.07, 6.45) is 0.989. The zero-order valence-electron chi connectivity index (χ0n) is 14.7. The van der Waals surface area contributed by atoms with Crippen LogP contribution >= 0.6 is 11.6 Å². The van der Waals surface area contributed by atoms with Crippen LogP contribution in [-0.2, 0) is 9.59 Å². The fourth-order valence-corrected chi connectivity index (χ4v) is 2.73. The number of carbonyl (C=O) groups excluding carboxylic acids is 4. The van der Waals surface area contributed by atoms with Gasteiger partial charge in [0.05, 0.1) is 5.69 Å². The lowest BCUT2D eigenvalue weighted by Gasteiger charge is -2.29. The molecule has 0 aliphatic carbocycles. The van der Waals surface area contributed by atoms with E-state index in [0.717, 1.165) is 11.1 Å². The molecule has 2 aromatic carbocycles. The van der Waals surface area contributed by atoms with E-state index in [1.165, 1.54) is 12.1 Å². The molecule has 0 saturated carbocycles. The second kappa shape index (κ2) is 8.01. The fraction of sp³-hybridized carbons (Fsp3) is 0.105. The molecule has 9 heteroatoms. The van der Waals surface area contributed by atoms with Gasteiger partial charge in [0, 0.05) is 16.8 Å². The van der Waals surface area contributed by atoms with E-state index in [4.69, 9.17) is 11.6 Å². The number of imide groups is 2. The average molecular weight is 399 g/mol. The monoisotopic (exact) mass is 398 g/mol. The maximum absolute atomic E-state index is 12.7. The molecule has 0 radical (unpaired) electrons. The van der Waals surface area contributed by atoms with Crippen molar-refractivity contribution in [3.05, 3.63) is 64.7 Å². The molecule has 8 nitrogen and oxygen atoms in total. The van der Waals surface area contributed by atoms with E-state index < -0.39 is 29.7 Å². The number of barbiturate groups is 1. The van der Waals surface area contributed by atoms with Crippen molar-refractivity contribution in [1.29, 1.82) is 0 Å². The van der Waals surface area contributed by atoms with Crippen molar-refractivity contribution < 1.29 is 19.2 Å². The van der Waals surface area contributed by atoms with Crippen LogP contribution in [0.4, 0.5) is 10.5 Å². The molecule has 2 N–H and O–H groups in total. The van der Waals surface area contributed by atoms with E-state index >= 15 is 0 Å². The average Bonchev–Trinajstić information content (AvgIpc) is 2.66. The maximum Gasteiger partial charge on any atom is 0.335 e. The van der Waals surface area contributed by atoms with Crippen molar-refractivity contribution in [2.24, 2.45) is 11.0 Å². The van der Waals surface area contributed by atoms with Crippen molar-refractivity contribution in [2.45, 2.75) is 6.92 Å². The second-order valence-electron chi connectivity index (χ2n) is 5.96. The lowest BCUT2D eigenvalue weighted by molar-refractivity contribution is -0.131. The smallest absolute Gasteiger partial charge is 0.276 e. The number of carbonyl (C=O) groups is 4. The van der Waals surface area contributed by atoms with Gasteiger partial charge in [0.25, 0.3) is 11.8 Å². The number of para-hydroxylation sites is 1. The SMILES string of the molecule is Cc1ccccc1N1C(=O)NC(=O)[C@@H](/C=N\NC(=O)c2ccc(Cl)cc2)C1=O. The molecule has 1 aliphatic heterocycles. The number of amides is 5. The van der Waals surface area contributed by atoms with Crippen LogP contribution < -0.4 is 15.6 Å². The molecule has 0 bridgehead atoms. The highest BCUT2D eigenvalue weighted by atomic mass is 35.5. The first-order chi connectivity index (χ1) is 13.4. The first-order valence-electron chi connectivity index (χ1n) is 8.22. The van der Waals surface area contributed by atoms with Gasteiger partial charge < -0.3 is 0 Å². The number of hydrogen-bond acceptors (Lipinski definition) is 5. The van der Waals surface area contributed by atoms with Crippen LogP contribution in [0, 0.1) is 12.8 Å². The summed E-state index contributed by atoms with van der Waals surface area (Å²) < 4.78 is 0. The van der Waals surface area contributed by atoms with E-state index in [9.17, 15) is 19.2 Å². The molecule has 0 unspecified atom stereocenters. The Bertz CT molecular complexity index is 988. The number of aryl methyl sites for hydroxylation is 1. The summed E-state index contributed by atoms with van der Waals surface area (Å²) in [4.78, 5) is 49.8. The molecule has 142 valence electrons. The molecule has 5 amide bonds. The fourth-order valence-electron chi connectivity index (χ4n) is 2.60. The minimum absolute atomic E-state index is 0.303. The Morgan fingerprint density at radius 3 is 2.50 bits per heavy atom. The molecule has 1 fully saturated rings. The topological polar surface area (TPSA) is 108 Å². The number of halogens is 1. The Hall–Kier alpha value is -3.52. The van der Waals surface area contributed by atoms with Crippen molar-refractivity contribution >= 4 is 47.3 Å². The van der Waals surface area contributed by atoms with Gasteiger partial charge in [0.2, 0.25) is 5.91 Å². The molecule has 3 rings (SSSR count). The number of nitrogens with zero attached hydrogens (tertiary/aromatic N) is 2. The Morgan fingerprint density at radius 1 is 1.14 bits per heavy atom. The predicted octanol–water partition coefficient (Wildman–Crippen LogP) is 2.26. The predicted molar refractivity (Wildman–Crippen MR) is 103 cm³/mol. The van der Waals surface area contributed by atoms with Gasteiger partial charge in [-0.1, -0.05) is 29.8 Å². The first kappa shape index (κ1) is 19.2.